The maximum atomic E-state index is 9.27. The highest BCUT2D eigenvalue weighted by Crippen LogP contribution is 2.31. The van der Waals surface area contributed by atoms with E-state index >= 15 is 0 Å². The first-order valence-electron chi connectivity index (χ1n) is 7.31. The molecule has 0 spiro atoms. The minimum atomic E-state index is -0.871. The van der Waals surface area contributed by atoms with Gasteiger partial charge in [-0.15, -0.1) is 11.8 Å². The van der Waals surface area contributed by atoms with Gasteiger partial charge in [-0.05, 0) is 40.1 Å². The van der Waals surface area contributed by atoms with Crippen molar-refractivity contribution in [1.82, 2.24) is 10.3 Å². The van der Waals surface area contributed by atoms with Gasteiger partial charge in [0.05, 0.1) is 12.3 Å². The van der Waals surface area contributed by atoms with Crippen molar-refractivity contribution in [2.75, 3.05) is 18.9 Å². The van der Waals surface area contributed by atoms with Gasteiger partial charge in [-0.1, -0.05) is 12.1 Å². The molecule has 0 amide bonds. The molecule has 0 aliphatic carbocycles. The molecule has 2 aromatic carbocycles. The molecule has 0 aliphatic rings. The van der Waals surface area contributed by atoms with E-state index in [2.05, 4.69) is 10.3 Å². The minimum Gasteiger partial charge on any atom is -0.491 e. The lowest BCUT2D eigenvalue weighted by Crippen LogP contribution is -2.21. The van der Waals surface area contributed by atoms with Crippen molar-refractivity contribution in [3.8, 4) is 5.75 Å². The summed E-state index contributed by atoms with van der Waals surface area (Å²) >= 11 is 1.61. The fraction of sp³-hybridized carbons (Fsp3) is 0.250. The van der Waals surface area contributed by atoms with Crippen LogP contribution in [0.1, 0.15) is 5.56 Å². The molecular weight excluding hydrogens is 330 g/mol. The van der Waals surface area contributed by atoms with Crippen LogP contribution >= 0.6 is 11.8 Å². The zero-order chi connectivity index (χ0) is 16.9. The molecule has 1 heterocycles. The van der Waals surface area contributed by atoms with Crippen LogP contribution in [0.15, 0.2) is 45.9 Å². The Morgan fingerprint density at radius 2 is 1.88 bits per heavy atom. The summed E-state index contributed by atoms with van der Waals surface area (Å²) in [5.74, 6) is 1.39. The Morgan fingerprint density at radius 1 is 1.12 bits per heavy atom. The van der Waals surface area contributed by atoms with Crippen LogP contribution in [0, 0.1) is 0 Å². The second-order valence-corrected chi connectivity index (χ2v) is 6.21. The normalized spacial score (nSPS) is 12.4. The number of ether oxygens (including phenoxy) is 1. The molecule has 1 unspecified atom stereocenters. The molecule has 0 aliphatic heterocycles. The molecule has 3 rings (SSSR count). The van der Waals surface area contributed by atoms with Crippen LogP contribution in [0.25, 0.3) is 11.0 Å². The molecule has 0 saturated carbocycles. The lowest BCUT2D eigenvalue weighted by molar-refractivity contribution is 0.0536. The third-order valence-corrected chi connectivity index (χ3v) is 4.50. The fourth-order valence-corrected chi connectivity index (χ4v) is 3.02. The van der Waals surface area contributed by atoms with Crippen LogP contribution in [0.3, 0.4) is 0 Å². The topological polar surface area (TPSA) is 115 Å². The van der Waals surface area contributed by atoms with Gasteiger partial charge in [0, 0.05) is 10.6 Å². The molecule has 126 valence electrons. The Bertz CT molecular complexity index is 807. The highest BCUT2D eigenvalue weighted by atomic mass is 32.2. The summed E-state index contributed by atoms with van der Waals surface area (Å²) in [5, 5.41) is 25.7. The van der Waals surface area contributed by atoms with Crippen molar-refractivity contribution in [3.05, 3.63) is 42.0 Å². The van der Waals surface area contributed by atoms with E-state index in [0.29, 0.717) is 22.5 Å². The van der Waals surface area contributed by atoms with Crippen molar-refractivity contribution >= 4 is 28.5 Å². The molecule has 8 heteroatoms. The number of nitrogens with two attached hydrogens (primary N) is 1. The Labute approximate surface area is 142 Å². The number of aliphatic hydroxyl groups excluding tert-OH is 2. The molecule has 4 N–H and O–H groups in total. The van der Waals surface area contributed by atoms with Crippen molar-refractivity contribution in [2.24, 2.45) is 0 Å². The quantitative estimate of drug-likeness (QED) is 0.438. The number of thioether (sulfide) groups is 1. The van der Waals surface area contributed by atoms with E-state index in [1.807, 2.05) is 30.3 Å². The maximum Gasteiger partial charge on any atom is 0.159 e. The Balaban J connectivity index is 1.62. The lowest BCUT2D eigenvalue weighted by Gasteiger charge is -2.10. The van der Waals surface area contributed by atoms with E-state index in [-0.39, 0.29) is 13.2 Å². The molecule has 7 nitrogen and oxygen atoms in total. The molecule has 1 aromatic heterocycles. The molecule has 3 aromatic rings. The SMILES string of the molecule is Nc1ccc(SCc2ccc(OCC(O)CO)cc2)c2nonc12. The molecule has 0 radical (unpaired) electrons. The van der Waals surface area contributed by atoms with E-state index in [9.17, 15) is 5.11 Å². The Kier molecular flexibility index (Phi) is 5.19. The highest BCUT2D eigenvalue weighted by molar-refractivity contribution is 7.98. The van der Waals surface area contributed by atoms with Gasteiger partial charge in [0.25, 0.3) is 0 Å². The second-order valence-electron chi connectivity index (χ2n) is 5.19. The molecule has 24 heavy (non-hydrogen) atoms. The Morgan fingerprint density at radius 3 is 2.62 bits per heavy atom. The number of nitrogens with zero attached hydrogens (tertiary/aromatic N) is 2. The van der Waals surface area contributed by atoms with Gasteiger partial charge in [-0.3, -0.25) is 0 Å². The number of rotatable bonds is 7. The van der Waals surface area contributed by atoms with Crippen LogP contribution < -0.4 is 10.5 Å². The molecule has 0 fully saturated rings. The van der Waals surface area contributed by atoms with Gasteiger partial charge in [0.2, 0.25) is 0 Å². The number of anilines is 1. The van der Waals surface area contributed by atoms with Crippen LogP contribution in [-0.2, 0) is 5.75 Å². The van der Waals surface area contributed by atoms with Gasteiger partial charge in [0.1, 0.15) is 18.5 Å². The second kappa shape index (κ2) is 7.52. The number of aromatic nitrogens is 2. The van der Waals surface area contributed by atoms with Gasteiger partial charge >= 0.3 is 0 Å². The summed E-state index contributed by atoms with van der Waals surface area (Å²) in [6, 6.07) is 11.2. The van der Waals surface area contributed by atoms with E-state index < -0.39 is 6.10 Å². The summed E-state index contributed by atoms with van der Waals surface area (Å²) in [4.78, 5) is 0.951. The minimum absolute atomic E-state index is 0.0627. The smallest absolute Gasteiger partial charge is 0.159 e. The van der Waals surface area contributed by atoms with E-state index in [1.54, 1.807) is 17.8 Å². The lowest BCUT2D eigenvalue weighted by atomic mass is 10.2. The monoisotopic (exact) mass is 347 g/mol. The molecule has 1 atom stereocenters. The predicted octanol–water partition coefficient (Wildman–Crippen LogP) is 1.83. The summed E-state index contributed by atoms with van der Waals surface area (Å²) in [6.07, 6.45) is -0.871. The fourth-order valence-electron chi connectivity index (χ4n) is 2.07. The first-order valence-corrected chi connectivity index (χ1v) is 8.30. The zero-order valence-electron chi connectivity index (χ0n) is 12.8. The number of nitrogen functional groups attached to an aromatic ring is 1. The first kappa shape index (κ1) is 16.6. The molecular formula is C16H17N3O4S. The van der Waals surface area contributed by atoms with Crippen molar-refractivity contribution in [2.45, 2.75) is 16.8 Å². The van der Waals surface area contributed by atoms with Crippen LogP contribution in [0.5, 0.6) is 5.75 Å². The predicted molar refractivity (Wildman–Crippen MR) is 90.8 cm³/mol. The molecule has 0 saturated heterocycles. The van der Waals surface area contributed by atoms with Gasteiger partial charge < -0.3 is 20.7 Å². The highest BCUT2D eigenvalue weighted by Gasteiger charge is 2.10. The average Bonchev–Trinajstić information content (AvgIpc) is 3.11. The van der Waals surface area contributed by atoms with Crippen molar-refractivity contribution < 1.29 is 19.6 Å². The molecule has 0 bridgehead atoms. The third kappa shape index (κ3) is 3.78. The standard InChI is InChI=1S/C16H17N3O4S/c17-13-5-6-14(16-15(13)18-23-19-16)24-9-10-1-3-12(4-2-10)22-8-11(21)7-20/h1-6,11,20-21H,7-9,17H2. The zero-order valence-corrected chi connectivity index (χ0v) is 13.6. The van der Waals surface area contributed by atoms with Crippen LogP contribution in [-0.4, -0.2) is 39.8 Å². The van der Waals surface area contributed by atoms with Gasteiger partial charge in [-0.2, -0.15) is 0 Å². The van der Waals surface area contributed by atoms with Gasteiger partial charge in [-0.25, -0.2) is 4.63 Å². The summed E-state index contributed by atoms with van der Waals surface area (Å²) in [7, 11) is 0. The Hall–Kier alpha value is -2.29. The number of fused-ring (bicyclic) bond motifs is 1. The third-order valence-electron chi connectivity index (χ3n) is 3.38. The van der Waals surface area contributed by atoms with Crippen molar-refractivity contribution in [1.29, 1.82) is 0 Å². The van der Waals surface area contributed by atoms with E-state index in [4.69, 9.17) is 20.2 Å². The number of hydrogen-bond acceptors (Lipinski definition) is 8. The van der Waals surface area contributed by atoms with E-state index in [0.717, 1.165) is 16.2 Å². The van der Waals surface area contributed by atoms with E-state index in [1.165, 1.54) is 0 Å². The largest absolute Gasteiger partial charge is 0.491 e. The van der Waals surface area contributed by atoms with Crippen LogP contribution in [0.2, 0.25) is 0 Å². The summed E-state index contributed by atoms with van der Waals surface area (Å²) < 4.78 is 10.1. The van der Waals surface area contributed by atoms with Crippen molar-refractivity contribution in [3.63, 3.8) is 0 Å². The number of benzene rings is 2. The van der Waals surface area contributed by atoms with Crippen LogP contribution in [0.4, 0.5) is 5.69 Å². The first-order chi connectivity index (χ1) is 11.7. The maximum absolute atomic E-state index is 9.27. The number of hydrogen-bond donors (Lipinski definition) is 3. The average molecular weight is 347 g/mol. The summed E-state index contributed by atoms with van der Waals surface area (Å²) in [6.45, 7) is -0.255. The summed E-state index contributed by atoms with van der Waals surface area (Å²) in [5.41, 5.74) is 8.73. The number of aliphatic hydroxyl groups is 2. The van der Waals surface area contributed by atoms with Gasteiger partial charge in [0.15, 0.2) is 11.0 Å².